The third kappa shape index (κ3) is 2.30. The number of aryl methyl sites for hydroxylation is 2. The number of nitrogens with zero attached hydrogens (tertiary/aromatic N) is 2. The maximum absolute atomic E-state index is 4.86. The Hall–Kier alpha value is -1.16. The van der Waals surface area contributed by atoms with Gasteiger partial charge in [-0.2, -0.15) is 0 Å². The molecule has 0 saturated carbocycles. The van der Waals surface area contributed by atoms with Crippen LogP contribution in [-0.4, -0.2) is 16.5 Å². The van der Waals surface area contributed by atoms with E-state index in [2.05, 4.69) is 33.0 Å². The van der Waals surface area contributed by atoms with Crippen LogP contribution in [0.25, 0.3) is 10.2 Å². The van der Waals surface area contributed by atoms with Crippen LogP contribution in [0.1, 0.15) is 56.8 Å². The lowest BCUT2D eigenvalue weighted by molar-refractivity contribution is 0.549. The smallest absolute Gasteiger partial charge is 0.138 e. The highest BCUT2D eigenvalue weighted by Gasteiger charge is 2.24. The van der Waals surface area contributed by atoms with Gasteiger partial charge < -0.3 is 5.32 Å². The molecule has 1 aliphatic carbocycles. The number of nitrogens with one attached hydrogen (secondary N) is 1. The number of hydrogen-bond acceptors (Lipinski definition) is 4. The van der Waals surface area contributed by atoms with Crippen LogP contribution in [0, 0.1) is 0 Å². The Morgan fingerprint density at radius 1 is 1.15 bits per heavy atom. The molecule has 3 rings (SSSR count). The van der Waals surface area contributed by atoms with E-state index < -0.39 is 0 Å². The zero-order chi connectivity index (χ0) is 14.3. The van der Waals surface area contributed by atoms with Crippen LogP contribution in [0.5, 0.6) is 0 Å². The van der Waals surface area contributed by atoms with Crippen LogP contribution < -0.4 is 5.32 Å². The van der Waals surface area contributed by atoms with Gasteiger partial charge in [-0.1, -0.05) is 20.8 Å². The number of aromatic nitrogens is 2. The van der Waals surface area contributed by atoms with E-state index in [-0.39, 0.29) is 5.41 Å². The summed E-state index contributed by atoms with van der Waals surface area (Å²) >= 11 is 1.88. The van der Waals surface area contributed by atoms with Crippen LogP contribution in [0.15, 0.2) is 0 Å². The Bertz CT molecular complexity index is 637. The first-order chi connectivity index (χ1) is 9.50. The van der Waals surface area contributed by atoms with Gasteiger partial charge in [-0.05, 0) is 38.2 Å². The Balaban J connectivity index is 2.25. The highest BCUT2D eigenvalue weighted by atomic mass is 32.1. The van der Waals surface area contributed by atoms with E-state index in [4.69, 9.17) is 9.97 Å². The summed E-state index contributed by atoms with van der Waals surface area (Å²) in [5.74, 6) is 1.99. The molecule has 1 aliphatic rings. The summed E-state index contributed by atoms with van der Waals surface area (Å²) in [5, 5.41) is 4.75. The fourth-order valence-electron chi connectivity index (χ4n) is 2.79. The Morgan fingerprint density at radius 3 is 2.60 bits per heavy atom. The topological polar surface area (TPSA) is 37.8 Å². The quantitative estimate of drug-likeness (QED) is 0.895. The van der Waals surface area contributed by atoms with E-state index in [1.54, 1.807) is 0 Å². The van der Waals surface area contributed by atoms with Gasteiger partial charge in [0.05, 0.1) is 5.39 Å². The average Bonchev–Trinajstić information content (AvgIpc) is 2.76. The van der Waals surface area contributed by atoms with Crippen LogP contribution in [0.2, 0.25) is 0 Å². The number of thiophene rings is 1. The van der Waals surface area contributed by atoms with Gasteiger partial charge in [0.1, 0.15) is 16.5 Å². The van der Waals surface area contributed by atoms with E-state index in [9.17, 15) is 0 Å². The van der Waals surface area contributed by atoms with Crippen molar-refractivity contribution >= 4 is 27.4 Å². The van der Waals surface area contributed by atoms with Crippen LogP contribution in [0.3, 0.4) is 0 Å². The molecule has 20 heavy (non-hydrogen) atoms. The first kappa shape index (κ1) is 13.8. The highest BCUT2D eigenvalue weighted by Crippen LogP contribution is 2.39. The minimum atomic E-state index is -0.0111. The van der Waals surface area contributed by atoms with E-state index in [0.29, 0.717) is 0 Å². The lowest BCUT2D eigenvalue weighted by atomic mass is 9.94. The number of fused-ring (bicyclic) bond motifs is 3. The summed E-state index contributed by atoms with van der Waals surface area (Å²) < 4.78 is 0. The van der Waals surface area contributed by atoms with Gasteiger partial charge in [0.2, 0.25) is 0 Å². The summed E-state index contributed by atoms with van der Waals surface area (Å²) in [6.07, 6.45) is 5.01. The molecule has 3 nitrogen and oxygen atoms in total. The van der Waals surface area contributed by atoms with Crippen molar-refractivity contribution in [2.45, 2.75) is 58.8 Å². The first-order valence-corrected chi connectivity index (χ1v) is 8.39. The van der Waals surface area contributed by atoms with Crippen molar-refractivity contribution in [3.8, 4) is 0 Å². The second-order valence-electron chi connectivity index (χ2n) is 6.57. The number of rotatable bonds is 2. The van der Waals surface area contributed by atoms with Crippen molar-refractivity contribution in [2.75, 3.05) is 11.9 Å². The molecule has 108 valence electrons. The molecular formula is C16H23N3S. The molecule has 0 fully saturated rings. The monoisotopic (exact) mass is 289 g/mol. The molecule has 1 N–H and O–H groups in total. The zero-order valence-electron chi connectivity index (χ0n) is 12.8. The van der Waals surface area contributed by atoms with Crippen LogP contribution in [0.4, 0.5) is 5.82 Å². The Morgan fingerprint density at radius 2 is 1.90 bits per heavy atom. The molecule has 0 aliphatic heterocycles. The summed E-state index contributed by atoms with van der Waals surface area (Å²) in [7, 11) is 0. The normalized spacial score (nSPS) is 15.4. The Labute approximate surface area is 124 Å². The highest BCUT2D eigenvalue weighted by molar-refractivity contribution is 7.19. The third-order valence-electron chi connectivity index (χ3n) is 3.83. The molecule has 0 unspecified atom stereocenters. The molecule has 0 spiro atoms. The van der Waals surface area contributed by atoms with Gasteiger partial charge >= 0.3 is 0 Å². The first-order valence-electron chi connectivity index (χ1n) is 7.57. The third-order valence-corrected chi connectivity index (χ3v) is 5.02. The molecule has 0 saturated heterocycles. The summed E-state index contributed by atoms with van der Waals surface area (Å²) in [5.41, 5.74) is 1.50. The van der Waals surface area contributed by atoms with Gasteiger partial charge in [0, 0.05) is 16.8 Å². The molecule has 2 heterocycles. The van der Waals surface area contributed by atoms with Gasteiger partial charge in [-0.15, -0.1) is 11.3 Å². The maximum Gasteiger partial charge on any atom is 0.138 e. The van der Waals surface area contributed by atoms with Crippen molar-refractivity contribution in [1.29, 1.82) is 0 Å². The van der Waals surface area contributed by atoms with E-state index in [1.165, 1.54) is 46.3 Å². The average molecular weight is 289 g/mol. The van der Waals surface area contributed by atoms with Crippen LogP contribution in [-0.2, 0) is 18.3 Å². The predicted molar refractivity (Wildman–Crippen MR) is 86.9 cm³/mol. The molecule has 4 heteroatoms. The predicted octanol–water partition coefficient (Wildman–Crippen LogP) is 4.30. The van der Waals surface area contributed by atoms with Crippen molar-refractivity contribution in [3.05, 3.63) is 16.3 Å². The van der Waals surface area contributed by atoms with Gasteiger partial charge in [0.15, 0.2) is 0 Å². The molecule has 2 aromatic heterocycles. The lowest BCUT2D eigenvalue weighted by Gasteiger charge is -2.18. The fourth-order valence-corrected chi connectivity index (χ4v) is 4.05. The van der Waals surface area contributed by atoms with Crippen LogP contribution >= 0.6 is 11.3 Å². The van der Waals surface area contributed by atoms with Crippen molar-refractivity contribution in [3.63, 3.8) is 0 Å². The second kappa shape index (κ2) is 4.99. The molecule has 0 amide bonds. The molecule has 0 atom stereocenters. The molecule has 0 radical (unpaired) electrons. The van der Waals surface area contributed by atoms with E-state index >= 15 is 0 Å². The molecule has 0 bridgehead atoms. The molecular weight excluding hydrogens is 266 g/mol. The van der Waals surface area contributed by atoms with Gasteiger partial charge in [-0.3, -0.25) is 0 Å². The summed E-state index contributed by atoms with van der Waals surface area (Å²) in [4.78, 5) is 12.4. The minimum Gasteiger partial charge on any atom is -0.370 e. The van der Waals surface area contributed by atoms with Gasteiger partial charge in [-0.25, -0.2) is 9.97 Å². The lowest BCUT2D eigenvalue weighted by Crippen LogP contribution is -2.17. The van der Waals surface area contributed by atoms with Gasteiger partial charge in [0.25, 0.3) is 0 Å². The Kier molecular flexibility index (Phi) is 3.44. The number of hydrogen-bond donors (Lipinski definition) is 1. The second-order valence-corrected chi connectivity index (χ2v) is 7.65. The van der Waals surface area contributed by atoms with Crippen molar-refractivity contribution in [2.24, 2.45) is 0 Å². The SMILES string of the molecule is CCNc1nc(C(C)(C)C)nc2sc3c(c12)CCCC3. The molecule has 0 aromatic carbocycles. The van der Waals surface area contributed by atoms with Crippen molar-refractivity contribution in [1.82, 2.24) is 9.97 Å². The fraction of sp³-hybridized carbons (Fsp3) is 0.625. The summed E-state index contributed by atoms with van der Waals surface area (Å²) in [6, 6.07) is 0. The number of anilines is 1. The standard InChI is InChI=1S/C16H23N3S/c1-5-17-13-12-10-8-6-7-9-11(10)20-14(12)19-15(18-13)16(2,3)4/h5-9H2,1-4H3,(H,17,18,19). The maximum atomic E-state index is 4.86. The molecule has 2 aromatic rings. The van der Waals surface area contributed by atoms with Crippen molar-refractivity contribution < 1.29 is 0 Å². The largest absolute Gasteiger partial charge is 0.370 e. The zero-order valence-corrected chi connectivity index (χ0v) is 13.7. The van der Waals surface area contributed by atoms with E-state index in [1.807, 2.05) is 11.3 Å². The van der Waals surface area contributed by atoms with E-state index in [0.717, 1.165) is 18.2 Å². The summed E-state index contributed by atoms with van der Waals surface area (Å²) in [6.45, 7) is 9.57. The minimum absolute atomic E-state index is 0.0111.